The lowest BCUT2D eigenvalue weighted by molar-refractivity contribution is -0.120. The van der Waals surface area contributed by atoms with Crippen LogP contribution in [0.15, 0.2) is 64.4 Å². The molecule has 2 aliphatic rings. The van der Waals surface area contributed by atoms with Gasteiger partial charge in [0.15, 0.2) is 0 Å². The Labute approximate surface area is 193 Å². The van der Waals surface area contributed by atoms with E-state index in [0.717, 1.165) is 28.8 Å². The summed E-state index contributed by atoms with van der Waals surface area (Å²) in [5, 5.41) is 5.50. The normalized spacial score (nSPS) is 17.0. The molecule has 1 aliphatic heterocycles. The number of sulfonamides is 1. The molecule has 0 spiro atoms. The quantitative estimate of drug-likeness (QED) is 0.554. The number of rotatable bonds is 5. The number of hydrogen-bond acceptors (Lipinski definition) is 4. The van der Waals surface area contributed by atoms with E-state index in [9.17, 15) is 13.2 Å². The molecule has 0 atom stereocenters. The van der Waals surface area contributed by atoms with E-state index in [2.05, 4.69) is 29.6 Å². The van der Waals surface area contributed by atoms with Gasteiger partial charge in [-0.3, -0.25) is 4.79 Å². The summed E-state index contributed by atoms with van der Waals surface area (Å²) in [5.41, 5.74) is 3.54. The van der Waals surface area contributed by atoms with Gasteiger partial charge in [-0.15, -0.1) is 11.8 Å². The molecule has 1 saturated heterocycles. The Kier molecular flexibility index (Phi) is 5.73. The molecule has 0 aromatic heterocycles. The molecule has 5 rings (SSSR count). The van der Waals surface area contributed by atoms with Crippen molar-refractivity contribution in [3.8, 4) is 0 Å². The van der Waals surface area contributed by atoms with Crippen molar-refractivity contribution >= 4 is 44.2 Å². The number of piperidine rings is 1. The SMILES string of the molecule is CSc1ccccc1S(=O)(=O)N1CCC(C(=O)Nc2ccc3c4c(cccc24)CC3)CC1. The van der Waals surface area contributed by atoms with E-state index in [0.29, 0.717) is 30.8 Å². The first-order chi connectivity index (χ1) is 15.5. The van der Waals surface area contributed by atoms with Crippen LogP contribution in [0.5, 0.6) is 0 Å². The van der Waals surface area contributed by atoms with Crippen LogP contribution in [0.3, 0.4) is 0 Å². The zero-order chi connectivity index (χ0) is 22.3. The van der Waals surface area contributed by atoms with Crippen LogP contribution in [0, 0.1) is 5.92 Å². The van der Waals surface area contributed by atoms with Crippen molar-refractivity contribution in [2.45, 2.75) is 35.5 Å². The molecule has 0 bridgehead atoms. The number of carbonyl (C=O) groups is 1. The summed E-state index contributed by atoms with van der Waals surface area (Å²) in [4.78, 5) is 14.1. The maximum atomic E-state index is 13.2. The maximum Gasteiger partial charge on any atom is 0.244 e. The largest absolute Gasteiger partial charge is 0.325 e. The Bertz CT molecular complexity index is 1290. The molecule has 1 N–H and O–H groups in total. The number of benzene rings is 3. The van der Waals surface area contributed by atoms with Crippen LogP contribution in [0.1, 0.15) is 24.0 Å². The smallest absolute Gasteiger partial charge is 0.244 e. The van der Waals surface area contributed by atoms with Gasteiger partial charge < -0.3 is 5.32 Å². The first kappa shape index (κ1) is 21.5. The number of carbonyl (C=O) groups excluding carboxylic acids is 1. The maximum absolute atomic E-state index is 13.2. The van der Waals surface area contributed by atoms with Crippen LogP contribution in [-0.2, 0) is 27.7 Å². The fourth-order valence-corrected chi connectivity index (χ4v) is 7.51. The predicted molar refractivity (Wildman–Crippen MR) is 130 cm³/mol. The predicted octanol–water partition coefficient (Wildman–Crippen LogP) is 4.70. The highest BCUT2D eigenvalue weighted by Crippen LogP contribution is 2.36. The Morgan fingerprint density at radius 2 is 1.69 bits per heavy atom. The Morgan fingerprint density at radius 1 is 0.969 bits per heavy atom. The number of aryl methyl sites for hydroxylation is 2. The van der Waals surface area contributed by atoms with E-state index >= 15 is 0 Å². The van der Waals surface area contributed by atoms with Crippen molar-refractivity contribution in [2.75, 3.05) is 24.7 Å². The third-order valence-corrected chi connectivity index (χ3v) is 9.53. The van der Waals surface area contributed by atoms with Crippen molar-refractivity contribution < 1.29 is 13.2 Å². The monoisotopic (exact) mass is 466 g/mol. The van der Waals surface area contributed by atoms with Gasteiger partial charge in [0.05, 0.1) is 4.90 Å². The molecule has 1 amide bonds. The topological polar surface area (TPSA) is 66.5 Å². The molecule has 166 valence electrons. The number of nitrogens with one attached hydrogen (secondary N) is 1. The summed E-state index contributed by atoms with van der Waals surface area (Å²) in [7, 11) is -3.56. The average molecular weight is 467 g/mol. The lowest BCUT2D eigenvalue weighted by Crippen LogP contribution is -2.41. The van der Waals surface area contributed by atoms with E-state index < -0.39 is 10.0 Å². The van der Waals surface area contributed by atoms with E-state index in [-0.39, 0.29) is 11.8 Å². The minimum Gasteiger partial charge on any atom is -0.325 e. The second-order valence-corrected chi connectivity index (χ2v) is 11.2. The fraction of sp³-hybridized carbons (Fsp3) is 0.320. The van der Waals surface area contributed by atoms with Crippen LogP contribution in [-0.4, -0.2) is 38.0 Å². The third-order valence-electron chi connectivity index (χ3n) is 6.65. The Hall–Kier alpha value is -2.35. The van der Waals surface area contributed by atoms with Crippen LogP contribution in [0.2, 0.25) is 0 Å². The number of hydrogen-bond donors (Lipinski definition) is 1. The Balaban J connectivity index is 1.29. The molecule has 0 radical (unpaired) electrons. The average Bonchev–Trinajstić information content (AvgIpc) is 3.25. The first-order valence-electron chi connectivity index (χ1n) is 11.0. The second kappa shape index (κ2) is 8.54. The van der Waals surface area contributed by atoms with Crippen LogP contribution in [0.25, 0.3) is 10.8 Å². The highest BCUT2D eigenvalue weighted by molar-refractivity contribution is 7.99. The van der Waals surface area contributed by atoms with Gasteiger partial charge in [0.1, 0.15) is 0 Å². The van der Waals surface area contributed by atoms with E-state index in [1.165, 1.54) is 32.6 Å². The number of anilines is 1. The van der Waals surface area contributed by atoms with E-state index in [4.69, 9.17) is 0 Å². The molecule has 5 nitrogen and oxygen atoms in total. The minimum absolute atomic E-state index is 0.0229. The molecule has 7 heteroatoms. The fourth-order valence-electron chi connectivity index (χ4n) is 4.92. The molecule has 32 heavy (non-hydrogen) atoms. The van der Waals surface area contributed by atoms with E-state index in [1.807, 2.05) is 24.5 Å². The van der Waals surface area contributed by atoms with Gasteiger partial charge in [0, 0.05) is 35.0 Å². The standard InChI is InChI=1S/C25H26N2O3S2/c1-31-22-7-2-3-8-23(22)32(29,30)27-15-13-19(14-16-27)25(28)26-21-12-11-18-10-9-17-5-4-6-20(21)24(17)18/h2-8,11-12,19H,9-10,13-16H2,1H3,(H,26,28). The lowest BCUT2D eigenvalue weighted by atomic mass is 9.96. The highest BCUT2D eigenvalue weighted by Gasteiger charge is 2.33. The number of amides is 1. The summed E-state index contributed by atoms with van der Waals surface area (Å²) in [6.07, 6.45) is 5.03. The molecule has 0 unspecified atom stereocenters. The summed E-state index contributed by atoms with van der Waals surface area (Å²) in [5.74, 6) is -0.217. The molecular weight excluding hydrogens is 440 g/mol. The van der Waals surface area contributed by atoms with Crippen molar-refractivity contribution in [3.05, 3.63) is 65.7 Å². The molecule has 1 heterocycles. The van der Waals surface area contributed by atoms with Gasteiger partial charge in [-0.1, -0.05) is 36.4 Å². The second-order valence-electron chi connectivity index (χ2n) is 8.43. The van der Waals surface area contributed by atoms with Crippen molar-refractivity contribution in [1.82, 2.24) is 4.31 Å². The van der Waals surface area contributed by atoms with Gasteiger partial charge in [-0.25, -0.2) is 8.42 Å². The molecule has 1 fully saturated rings. The van der Waals surface area contributed by atoms with Crippen molar-refractivity contribution in [1.29, 1.82) is 0 Å². The van der Waals surface area contributed by atoms with Gasteiger partial charge >= 0.3 is 0 Å². The third kappa shape index (κ3) is 3.72. The molecule has 1 aliphatic carbocycles. The van der Waals surface area contributed by atoms with Gasteiger partial charge in [0.25, 0.3) is 0 Å². The first-order valence-corrected chi connectivity index (χ1v) is 13.6. The lowest BCUT2D eigenvalue weighted by Gasteiger charge is -2.31. The van der Waals surface area contributed by atoms with Crippen LogP contribution >= 0.6 is 11.8 Å². The molecule has 3 aromatic carbocycles. The summed E-state index contributed by atoms with van der Waals surface area (Å²) in [6, 6.07) is 17.5. The molecular formula is C25H26N2O3S2. The number of nitrogens with zero attached hydrogens (tertiary/aromatic N) is 1. The molecule has 3 aromatic rings. The zero-order valence-corrected chi connectivity index (χ0v) is 19.6. The Morgan fingerprint density at radius 3 is 2.44 bits per heavy atom. The van der Waals surface area contributed by atoms with Gasteiger partial charge in [-0.2, -0.15) is 4.31 Å². The van der Waals surface area contributed by atoms with Crippen LogP contribution in [0.4, 0.5) is 5.69 Å². The van der Waals surface area contributed by atoms with Crippen molar-refractivity contribution in [3.63, 3.8) is 0 Å². The minimum atomic E-state index is -3.56. The molecule has 0 saturated carbocycles. The van der Waals surface area contributed by atoms with Gasteiger partial charge in [0.2, 0.25) is 15.9 Å². The zero-order valence-electron chi connectivity index (χ0n) is 18.0. The summed E-state index contributed by atoms with van der Waals surface area (Å²) in [6.45, 7) is 0.708. The van der Waals surface area contributed by atoms with E-state index in [1.54, 1.807) is 12.1 Å². The number of thioether (sulfide) groups is 1. The summed E-state index contributed by atoms with van der Waals surface area (Å²) < 4.78 is 27.8. The van der Waals surface area contributed by atoms with Gasteiger partial charge in [-0.05, 0) is 66.7 Å². The van der Waals surface area contributed by atoms with Crippen LogP contribution < -0.4 is 5.32 Å². The summed E-state index contributed by atoms with van der Waals surface area (Å²) >= 11 is 1.43. The van der Waals surface area contributed by atoms with Crippen molar-refractivity contribution in [2.24, 2.45) is 5.92 Å². The highest BCUT2D eigenvalue weighted by atomic mass is 32.2.